The van der Waals surface area contributed by atoms with Gasteiger partial charge in [-0.25, -0.2) is 19.6 Å². The predicted molar refractivity (Wildman–Crippen MR) is 269 cm³/mol. The molecule has 6 heterocycles. The third-order valence-corrected chi connectivity index (χ3v) is 13.0. The maximum Gasteiger partial charge on any atom is 0.321 e. The molecule has 4 amide bonds. The number of urea groups is 2. The summed E-state index contributed by atoms with van der Waals surface area (Å²) in [6, 6.07) is 15.5. The van der Waals surface area contributed by atoms with Crippen LogP contribution >= 0.6 is 0 Å². The molecule has 368 valence electrons. The predicted octanol–water partition coefficient (Wildman–Crippen LogP) is 6.69. The Hall–Kier alpha value is -5.82. The summed E-state index contributed by atoms with van der Waals surface area (Å²) in [5.74, 6) is 3.75. The minimum atomic E-state index is -0.497. The number of ether oxygens (including phenoxy) is 2. The minimum absolute atomic E-state index is 0.0539. The Morgan fingerprint density at radius 3 is 1.37 bits per heavy atom. The first-order valence-corrected chi connectivity index (χ1v) is 24.5. The third-order valence-electron chi connectivity index (χ3n) is 13.0. The van der Waals surface area contributed by atoms with Gasteiger partial charge in [0, 0.05) is 100 Å². The smallest absolute Gasteiger partial charge is 0.321 e. The van der Waals surface area contributed by atoms with E-state index in [1.807, 2.05) is 72.2 Å². The number of hydrogen-bond acceptors (Lipinski definition) is 14. The van der Waals surface area contributed by atoms with Crippen molar-refractivity contribution in [3.8, 4) is 22.5 Å². The maximum atomic E-state index is 12.8. The van der Waals surface area contributed by atoms with Gasteiger partial charge in [0.25, 0.3) is 0 Å². The number of aliphatic hydroxyl groups is 2. The van der Waals surface area contributed by atoms with Gasteiger partial charge in [-0.15, -0.1) is 0 Å². The van der Waals surface area contributed by atoms with E-state index in [4.69, 9.17) is 19.4 Å². The first kappa shape index (κ1) is 50.1. The van der Waals surface area contributed by atoms with Gasteiger partial charge in [-0.2, -0.15) is 9.97 Å². The van der Waals surface area contributed by atoms with Crippen LogP contribution in [0.25, 0.3) is 22.5 Å². The van der Waals surface area contributed by atoms with E-state index in [1.54, 1.807) is 13.8 Å². The van der Waals surface area contributed by atoms with Crippen molar-refractivity contribution in [3.63, 3.8) is 0 Å². The van der Waals surface area contributed by atoms with E-state index in [2.05, 4.69) is 54.9 Å². The highest BCUT2D eigenvalue weighted by molar-refractivity contribution is 5.91. The molecule has 0 spiro atoms. The van der Waals surface area contributed by atoms with Gasteiger partial charge in [-0.05, 0) is 87.8 Å². The molecule has 18 nitrogen and oxygen atoms in total. The van der Waals surface area contributed by atoms with E-state index in [0.717, 1.165) is 123 Å². The standard InChI is InChI=1S/2C25H36N6O3/c2*1-4-19-7-8-31(16-19)25(33)27-20-6-5-17(2)21(13-20)22-14-23(26-15-18(3)32)29-24(28-22)30-9-11-34-12-10-30/h2*5-6,13-14,18-19,32H,4,7-12,15-16H2,1-3H3,(H,27,33)(H,26,28,29)/t18-,19+;18-,19-/m11/s1. The molecule has 4 aliphatic rings. The SMILES string of the molecule is CC[C@@H]1CCN(C(=O)Nc2ccc(C)c(-c3cc(NC[C@@H](C)O)nc(N4CCOCC4)n3)c2)C1.CC[C@H]1CCN(C(=O)Nc2ccc(C)c(-c3cc(NC[C@@H](C)O)nc(N4CCOCC4)n3)c2)C1. The lowest BCUT2D eigenvalue weighted by molar-refractivity contribution is 0.122. The number of anilines is 6. The molecule has 0 bridgehead atoms. The van der Waals surface area contributed by atoms with Crippen LogP contribution in [0.1, 0.15) is 64.5 Å². The number of likely N-dealkylation sites (tertiary alicyclic amines) is 2. The molecular formula is C50H72N12O6. The molecule has 0 aliphatic carbocycles. The molecule has 8 rings (SSSR count). The second-order valence-corrected chi connectivity index (χ2v) is 18.5. The number of aryl methyl sites for hydroxylation is 2. The molecule has 18 heteroatoms. The molecule has 4 fully saturated rings. The van der Waals surface area contributed by atoms with Crippen LogP contribution in [0.5, 0.6) is 0 Å². The number of nitrogens with zero attached hydrogens (tertiary/aromatic N) is 8. The number of aliphatic hydroxyl groups excluding tert-OH is 2. The van der Waals surface area contributed by atoms with Crippen LogP contribution < -0.4 is 31.1 Å². The number of carbonyl (C=O) groups is 2. The molecule has 2 aromatic carbocycles. The number of carbonyl (C=O) groups excluding carboxylic acids is 2. The van der Waals surface area contributed by atoms with Crippen LogP contribution in [0.3, 0.4) is 0 Å². The van der Waals surface area contributed by atoms with Crippen LogP contribution in [0, 0.1) is 25.7 Å². The van der Waals surface area contributed by atoms with Crippen molar-refractivity contribution in [3.05, 3.63) is 59.7 Å². The van der Waals surface area contributed by atoms with Gasteiger partial charge < -0.3 is 60.6 Å². The number of benzene rings is 2. The molecule has 4 atom stereocenters. The molecule has 6 N–H and O–H groups in total. The van der Waals surface area contributed by atoms with E-state index < -0.39 is 12.2 Å². The van der Waals surface area contributed by atoms with Crippen LogP contribution in [0.2, 0.25) is 0 Å². The van der Waals surface area contributed by atoms with Crippen LogP contribution in [-0.2, 0) is 9.47 Å². The Morgan fingerprint density at radius 2 is 1.01 bits per heavy atom. The van der Waals surface area contributed by atoms with Crippen LogP contribution in [0.4, 0.5) is 44.5 Å². The first-order valence-electron chi connectivity index (χ1n) is 24.5. The zero-order valence-corrected chi connectivity index (χ0v) is 40.8. The molecule has 4 aromatic rings. The zero-order chi connectivity index (χ0) is 48.2. The first-order chi connectivity index (χ1) is 32.8. The number of hydrogen-bond donors (Lipinski definition) is 6. The lowest BCUT2D eigenvalue weighted by atomic mass is 10.0. The van der Waals surface area contributed by atoms with E-state index >= 15 is 0 Å². The molecule has 4 aliphatic heterocycles. The summed E-state index contributed by atoms with van der Waals surface area (Å²) in [6.45, 7) is 21.4. The average Bonchev–Trinajstić information content (AvgIpc) is 4.06. The Balaban J connectivity index is 0.000000201. The van der Waals surface area contributed by atoms with Crippen molar-refractivity contribution in [2.75, 3.05) is 123 Å². The van der Waals surface area contributed by atoms with Crippen molar-refractivity contribution in [1.82, 2.24) is 29.7 Å². The summed E-state index contributed by atoms with van der Waals surface area (Å²) in [6.07, 6.45) is 3.34. The number of nitrogens with one attached hydrogen (secondary N) is 4. The average molecular weight is 937 g/mol. The van der Waals surface area contributed by atoms with Gasteiger partial charge in [0.1, 0.15) is 11.6 Å². The minimum Gasteiger partial charge on any atom is -0.392 e. The lowest BCUT2D eigenvalue weighted by Crippen LogP contribution is -2.37. The topological polar surface area (TPSA) is 206 Å². The Morgan fingerprint density at radius 1 is 0.618 bits per heavy atom. The molecular weight excluding hydrogens is 865 g/mol. The lowest BCUT2D eigenvalue weighted by Gasteiger charge is -2.27. The molecule has 68 heavy (non-hydrogen) atoms. The maximum absolute atomic E-state index is 12.8. The second kappa shape index (κ2) is 24.0. The number of morpholine rings is 2. The molecule has 0 unspecified atom stereocenters. The van der Waals surface area contributed by atoms with Crippen molar-refractivity contribution >= 4 is 47.0 Å². The summed E-state index contributed by atoms with van der Waals surface area (Å²) in [4.78, 5) is 52.7. The Labute approximate surface area is 401 Å². The molecule has 4 saturated heterocycles. The van der Waals surface area contributed by atoms with Crippen molar-refractivity contribution in [1.29, 1.82) is 0 Å². The van der Waals surface area contributed by atoms with E-state index in [9.17, 15) is 19.8 Å². The summed E-state index contributed by atoms with van der Waals surface area (Å²) >= 11 is 0. The van der Waals surface area contributed by atoms with E-state index in [0.29, 0.717) is 74.9 Å². The summed E-state index contributed by atoms with van der Waals surface area (Å²) in [5.41, 5.74) is 7.00. The Bertz CT molecular complexity index is 2140. The highest BCUT2D eigenvalue weighted by Crippen LogP contribution is 2.32. The third kappa shape index (κ3) is 13.7. The fourth-order valence-corrected chi connectivity index (χ4v) is 8.70. The monoisotopic (exact) mass is 937 g/mol. The quantitative estimate of drug-likeness (QED) is 0.0780. The van der Waals surface area contributed by atoms with Crippen molar-refractivity contribution < 1.29 is 29.3 Å². The molecule has 0 radical (unpaired) electrons. The van der Waals surface area contributed by atoms with Crippen molar-refractivity contribution in [2.24, 2.45) is 11.8 Å². The van der Waals surface area contributed by atoms with Gasteiger partial charge in [0.15, 0.2) is 0 Å². The van der Waals surface area contributed by atoms with E-state index in [1.165, 1.54) is 0 Å². The number of aromatic nitrogens is 4. The van der Waals surface area contributed by atoms with Gasteiger partial charge >= 0.3 is 12.1 Å². The van der Waals surface area contributed by atoms with Gasteiger partial charge in [-0.3, -0.25) is 0 Å². The second-order valence-electron chi connectivity index (χ2n) is 18.5. The van der Waals surface area contributed by atoms with Gasteiger partial charge in [0.05, 0.1) is 50.0 Å². The summed E-state index contributed by atoms with van der Waals surface area (Å²) in [5, 5.41) is 32.0. The van der Waals surface area contributed by atoms with Crippen molar-refractivity contribution in [2.45, 2.75) is 79.4 Å². The van der Waals surface area contributed by atoms with E-state index in [-0.39, 0.29) is 12.1 Å². The van der Waals surface area contributed by atoms with Gasteiger partial charge in [-0.1, -0.05) is 38.8 Å². The number of rotatable bonds is 14. The van der Waals surface area contributed by atoms with Gasteiger partial charge in [0.2, 0.25) is 11.9 Å². The highest BCUT2D eigenvalue weighted by atomic mass is 16.5. The highest BCUT2D eigenvalue weighted by Gasteiger charge is 2.27. The van der Waals surface area contributed by atoms with Crippen LogP contribution in [0.15, 0.2) is 48.5 Å². The normalized spacial score (nSPS) is 19.2. The molecule has 2 aromatic heterocycles. The molecule has 0 saturated carbocycles. The fraction of sp³-hybridized carbons (Fsp3) is 0.560. The fourth-order valence-electron chi connectivity index (χ4n) is 8.70. The number of amides is 4. The Kier molecular flexibility index (Phi) is 17.6. The zero-order valence-electron chi connectivity index (χ0n) is 40.8. The summed E-state index contributed by atoms with van der Waals surface area (Å²) in [7, 11) is 0. The summed E-state index contributed by atoms with van der Waals surface area (Å²) < 4.78 is 11.0. The largest absolute Gasteiger partial charge is 0.392 e. The van der Waals surface area contributed by atoms with Crippen LogP contribution in [-0.4, -0.2) is 156 Å².